The number of carbonyl (C=O) groups is 2. The Morgan fingerprint density at radius 1 is 1.17 bits per heavy atom. The van der Waals surface area contributed by atoms with Crippen LogP contribution in [0, 0.1) is 23.0 Å². The molecule has 1 unspecified atom stereocenters. The first-order chi connectivity index (χ1) is 14.3. The number of nitrogens with one attached hydrogen (secondary N) is 1. The van der Waals surface area contributed by atoms with Crippen molar-refractivity contribution < 1.29 is 19.2 Å². The fraction of sp³-hybridized carbons (Fsp3) is 0.364. The maximum absolute atomic E-state index is 12.5. The second kappa shape index (κ2) is 9.39. The van der Waals surface area contributed by atoms with Crippen molar-refractivity contribution in [3.8, 4) is 0 Å². The highest BCUT2D eigenvalue weighted by Crippen LogP contribution is 2.31. The second-order valence-corrected chi connectivity index (χ2v) is 7.44. The number of piperidine rings is 1. The number of ether oxygens (including phenoxy) is 1. The number of carbonyl (C=O) groups excluding carboxylic acids is 2. The van der Waals surface area contributed by atoms with Crippen LogP contribution in [0.1, 0.15) is 25.3 Å². The van der Waals surface area contributed by atoms with Gasteiger partial charge in [-0.05, 0) is 50.5 Å². The molecule has 0 radical (unpaired) electrons. The SMILES string of the molecule is Cc1cccc(NC(=O)C(C)OC(=O)C2CCN(c3ccccc3[N+](=O)[O-])CC2)c1. The number of amides is 1. The molecular weight excluding hydrogens is 386 g/mol. The van der Waals surface area contributed by atoms with Crippen LogP contribution in [0.5, 0.6) is 0 Å². The lowest BCUT2D eigenvalue weighted by Gasteiger charge is -2.32. The Balaban J connectivity index is 1.53. The van der Waals surface area contributed by atoms with Crippen molar-refractivity contribution in [2.75, 3.05) is 23.3 Å². The lowest BCUT2D eigenvalue weighted by molar-refractivity contribution is -0.384. The summed E-state index contributed by atoms with van der Waals surface area (Å²) < 4.78 is 5.38. The highest BCUT2D eigenvalue weighted by Gasteiger charge is 2.30. The number of hydrogen-bond acceptors (Lipinski definition) is 6. The molecule has 1 aliphatic heterocycles. The van der Waals surface area contributed by atoms with Crippen molar-refractivity contribution in [3.05, 3.63) is 64.2 Å². The molecule has 2 aromatic rings. The quantitative estimate of drug-likeness (QED) is 0.442. The molecule has 1 N–H and O–H groups in total. The van der Waals surface area contributed by atoms with E-state index in [9.17, 15) is 19.7 Å². The first-order valence-corrected chi connectivity index (χ1v) is 9.91. The third-order valence-corrected chi connectivity index (χ3v) is 5.20. The number of hydrogen-bond donors (Lipinski definition) is 1. The molecule has 0 aliphatic carbocycles. The third-order valence-electron chi connectivity index (χ3n) is 5.20. The molecule has 2 aromatic carbocycles. The van der Waals surface area contributed by atoms with Gasteiger partial charge in [0.1, 0.15) is 5.69 Å². The lowest BCUT2D eigenvalue weighted by atomic mass is 9.96. The number of anilines is 2. The molecule has 1 atom stereocenters. The lowest BCUT2D eigenvalue weighted by Crippen LogP contribution is -2.39. The normalized spacial score (nSPS) is 15.3. The fourth-order valence-electron chi connectivity index (χ4n) is 3.53. The van der Waals surface area contributed by atoms with Gasteiger partial charge >= 0.3 is 5.97 Å². The zero-order valence-electron chi connectivity index (χ0n) is 17.0. The van der Waals surface area contributed by atoms with Gasteiger partial charge in [0.15, 0.2) is 6.10 Å². The predicted octanol–water partition coefficient (Wildman–Crippen LogP) is 3.69. The minimum Gasteiger partial charge on any atom is -0.452 e. The van der Waals surface area contributed by atoms with Crippen molar-refractivity contribution in [2.24, 2.45) is 5.92 Å². The van der Waals surface area contributed by atoms with Crippen molar-refractivity contribution >= 4 is 28.9 Å². The van der Waals surface area contributed by atoms with Crippen LogP contribution in [0.25, 0.3) is 0 Å². The Labute approximate surface area is 175 Å². The zero-order valence-corrected chi connectivity index (χ0v) is 17.0. The third kappa shape index (κ3) is 5.14. The topological polar surface area (TPSA) is 102 Å². The molecule has 8 nitrogen and oxygen atoms in total. The van der Waals surface area contributed by atoms with Gasteiger partial charge in [-0.15, -0.1) is 0 Å². The average molecular weight is 411 g/mol. The molecule has 1 heterocycles. The van der Waals surface area contributed by atoms with Crippen LogP contribution in [0.4, 0.5) is 17.1 Å². The standard InChI is InChI=1S/C22H25N3O5/c1-15-6-5-7-18(14-15)23-21(26)16(2)30-22(27)17-10-12-24(13-11-17)19-8-3-4-9-20(19)25(28)29/h3-9,14,16-17H,10-13H2,1-2H3,(H,23,26). The molecular formula is C22H25N3O5. The minimum atomic E-state index is -0.911. The number of aryl methyl sites for hydroxylation is 1. The van der Waals surface area contributed by atoms with Crippen LogP contribution in [0.2, 0.25) is 0 Å². The Morgan fingerprint density at radius 2 is 1.87 bits per heavy atom. The van der Waals surface area contributed by atoms with E-state index in [0.29, 0.717) is 37.3 Å². The maximum atomic E-state index is 12.5. The molecule has 1 amide bonds. The van der Waals surface area contributed by atoms with E-state index in [-0.39, 0.29) is 17.5 Å². The summed E-state index contributed by atoms with van der Waals surface area (Å²) in [4.78, 5) is 37.6. The van der Waals surface area contributed by atoms with E-state index in [0.717, 1.165) is 5.56 Å². The monoisotopic (exact) mass is 411 g/mol. The smallest absolute Gasteiger partial charge is 0.309 e. The number of nitrogens with zero attached hydrogens (tertiary/aromatic N) is 2. The van der Waals surface area contributed by atoms with Crippen molar-refractivity contribution in [3.63, 3.8) is 0 Å². The van der Waals surface area contributed by atoms with Crippen LogP contribution in [0.15, 0.2) is 48.5 Å². The average Bonchev–Trinajstić information content (AvgIpc) is 2.73. The van der Waals surface area contributed by atoms with Crippen LogP contribution in [-0.2, 0) is 14.3 Å². The van der Waals surface area contributed by atoms with Crippen molar-refractivity contribution in [1.82, 2.24) is 0 Å². The largest absolute Gasteiger partial charge is 0.452 e. The number of benzene rings is 2. The molecule has 3 rings (SSSR count). The van der Waals surface area contributed by atoms with Crippen molar-refractivity contribution in [1.29, 1.82) is 0 Å². The molecule has 0 spiro atoms. The summed E-state index contributed by atoms with van der Waals surface area (Å²) in [6, 6.07) is 14.0. The summed E-state index contributed by atoms with van der Waals surface area (Å²) in [5, 5.41) is 14.0. The molecule has 1 fully saturated rings. The maximum Gasteiger partial charge on any atom is 0.309 e. The van der Waals surface area contributed by atoms with E-state index in [2.05, 4.69) is 5.32 Å². The number of rotatable bonds is 6. The van der Waals surface area contributed by atoms with Gasteiger partial charge in [0.25, 0.3) is 11.6 Å². The van der Waals surface area contributed by atoms with E-state index < -0.39 is 17.0 Å². The van der Waals surface area contributed by atoms with Crippen LogP contribution >= 0.6 is 0 Å². The van der Waals surface area contributed by atoms with E-state index >= 15 is 0 Å². The Bertz CT molecular complexity index is 938. The molecule has 8 heteroatoms. The predicted molar refractivity (Wildman–Crippen MR) is 113 cm³/mol. The van der Waals surface area contributed by atoms with E-state index in [4.69, 9.17) is 4.74 Å². The number of esters is 1. The van der Waals surface area contributed by atoms with Gasteiger partial charge in [0.05, 0.1) is 10.8 Å². The molecule has 0 aromatic heterocycles. The summed E-state index contributed by atoms with van der Waals surface area (Å²) in [5.74, 6) is -1.13. The summed E-state index contributed by atoms with van der Waals surface area (Å²) >= 11 is 0. The highest BCUT2D eigenvalue weighted by molar-refractivity contribution is 5.95. The van der Waals surface area contributed by atoms with Gasteiger partial charge in [-0.1, -0.05) is 24.3 Å². The summed E-state index contributed by atoms with van der Waals surface area (Å²) in [6.45, 7) is 4.49. The molecule has 30 heavy (non-hydrogen) atoms. The van der Waals surface area contributed by atoms with Gasteiger partial charge in [-0.25, -0.2) is 0 Å². The summed E-state index contributed by atoms with van der Waals surface area (Å²) in [5.41, 5.74) is 2.28. The second-order valence-electron chi connectivity index (χ2n) is 7.44. The number of nitro benzene ring substituents is 1. The Kier molecular flexibility index (Phi) is 6.66. The first-order valence-electron chi connectivity index (χ1n) is 9.91. The van der Waals surface area contributed by atoms with Gasteiger partial charge in [0.2, 0.25) is 0 Å². The van der Waals surface area contributed by atoms with Crippen LogP contribution in [0.3, 0.4) is 0 Å². The van der Waals surface area contributed by atoms with E-state index in [1.54, 1.807) is 31.2 Å². The Morgan fingerprint density at radius 3 is 2.53 bits per heavy atom. The minimum absolute atomic E-state index is 0.0555. The molecule has 1 saturated heterocycles. The van der Waals surface area contributed by atoms with Gasteiger partial charge in [0, 0.05) is 24.8 Å². The first kappa shape index (κ1) is 21.3. The number of nitro groups is 1. The molecule has 158 valence electrons. The summed E-state index contributed by atoms with van der Waals surface area (Å²) in [6.07, 6.45) is 0.111. The molecule has 1 aliphatic rings. The fourth-order valence-corrected chi connectivity index (χ4v) is 3.53. The number of para-hydroxylation sites is 2. The molecule has 0 saturated carbocycles. The summed E-state index contributed by atoms with van der Waals surface area (Å²) in [7, 11) is 0. The van der Waals surface area contributed by atoms with Crippen molar-refractivity contribution in [2.45, 2.75) is 32.8 Å². The van der Waals surface area contributed by atoms with Crippen LogP contribution < -0.4 is 10.2 Å². The highest BCUT2D eigenvalue weighted by atomic mass is 16.6. The van der Waals surface area contributed by atoms with Gasteiger partial charge < -0.3 is 15.0 Å². The van der Waals surface area contributed by atoms with E-state index in [1.165, 1.54) is 6.07 Å². The van der Waals surface area contributed by atoms with Gasteiger partial charge in [-0.2, -0.15) is 0 Å². The van der Waals surface area contributed by atoms with E-state index in [1.807, 2.05) is 30.0 Å². The van der Waals surface area contributed by atoms with Gasteiger partial charge in [-0.3, -0.25) is 19.7 Å². The zero-order chi connectivity index (χ0) is 21.7. The van der Waals surface area contributed by atoms with Crippen LogP contribution in [-0.4, -0.2) is 36.0 Å². The molecule has 0 bridgehead atoms. The Hall–Kier alpha value is -3.42.